The first kappa shape index (κ1) is 16.8. The van der Waals surface area contributed by atoms with Crippen molar-refractivity contribution in [3.8, 4) is 0 Å². The molecule has 3 heterocycles. The lowest BCUT2D eigenvalue weighted by Crippen LogP contribution is -2.35. The average Bonchev–Trinajstić information content (AvgIpc) is 3.13. The molecule has 0 saturated heterocycles. The number of nitrogens with one attached hydrogen (secondary N) is 1. The van der Waals surface area contributed by atoms with E-state index in [9.17, 15) is 18.0 Å². The third-order valence-corrected chi connectivity index (χ3v) is 4.61. The highest BCUT2D eigenvalue weighted by Gasteiger charge is 2.47. The van der Waals surface area contributed by atoms with E-state index in [1.807, 2.05) is 5.38 Å². The van der Waals surface area contributed by atoms with Crippen LogP contribution in [-0.4, -0.2) is 28.0 Å². The van der Waals surface area contributed by atoms with Crippen LogP contribution in [0.1, 0.15) is 47.7 Å². The van der Waals surface area contributed by atoms with Crippen molar-refractivity contribution in [2.24, 2.45) is 0 Å². The maximum atomic E-state index is 13.5. The molecule has 9 heteroatoms. The highest BCUT2D eigenvalue weighted by atomic mass is 32.1. The zero-order chi connectivity index (χ0) is 17.5. The van der Waals surface area contributed by atoms with Gasteiger partial charge in [-0.25, -0.2) is 9.48 Å². The van der Waals surface area contributed by atoms with E-state index in [0.29, 0.717) is 0 Å². The minimum Gasteiger partial charge on any atom is -0.458 e. The van der Waals surface area contributed by atoms with E-state index >= 15 is 0 Å². The van der Waals surface area contributed by atoms with Gasteiger partial charge in [-0.3, -0.25) is 0 Å². The minimum absolute atomic E-state index is 0.132. The molecule has 1 N–H and O–H groups in total. The number of anilines is 1. The molecule has 0 saturated carbocycles. The summed E-state index contributed by atoms with van der Waals surface area (Å²) in [5.41, 5.74) is -0.132. The molecule has 0 amide bonds. The van der Waals surface area contributed by atoms with Crippen LogP contribution in [0.15, 0.2) is 23.6 Å². The van der Waals surface area contributed by atoms with Gasteiger partial charge in [0.15, 0.2) is 11.7 Å². The third kappa shape index (κ3) is 3.26. The Morgan fingerprint density at radius 1 is 1.50 bits per heavy atom. The quantitative estimate of drug-likeness (QED) is 0.836. The molecule has 0 unspecified atom stereocenters. The third-order valence-electron chi connectivity index (χ3n) is 3.63. The molecule has 2 aromatic rings. The molecule has 0 spiro atoms. The Bertz CT molecular complexity index is 725. The zero-order valence-electron chi connectivity index (χ0n) is 13.0. The molecule has 24 heavy (non-hydrogen) atoms. The predicted octanol–water partition coefficient (Wildman–Crippen LogP) is 4.17. The summed E-state index contributed by atoms with van der Waals surface area (Å²) >= 11 is 1.39. The maximum Gasteiger partial charge on any atom is 0.410 e. The number of hydrogen-bond donors (Lipinski definition) is 1. The van der Waals surface area contributed by atoms with Crippen LogP contribution in [-0.2, 0) is 4.74 Å². The number of aromatic nitrogens is 2. The first-order chi connectivity index (χ1) is 11.3. The number of rotatable bonds is 3. The molecule has 130 valence electrons. The van der Waals surface area contributed by atoms with Crippen molar-refractivity contribution < 1.29 is 22.7 Å². The van der Waals surface area contributed by atoms with Gasteiger partial charge in [-0.05, 0) is 25.3 Å². The molecule has 0 aromatic carbocycles. The molecule has 0 fully saturated rings. The van der Waals surface area contributed by atoms with Crippen LogP contribution < -0.4 is 5.32 Å². The van der Waals surface area contributed by atoms with Crippen LogP contribution in [0, 0.1) is 0 Å². The van der Waals surface area contributed by atoms with Gasteiger partial charge in [0.05, 0.1) is 12.1 Å². The molecule has 0 radical (unpaired) electrons. The number of thiophene rings is 1. The lowest BCUT2D eigenvalue weighted by atomic mass is 10.0. The van der Waals surface area contributed by atoms with E-state index in [-0.39, 0.29) is 24.0 Å². The van der Waals surface area contributed by atoms with Gasteiger partial charge in [-0.1, -0.05) is 6.07 Å². The van der Waals surface area contributed by atoms with E-state index < -0.39 is 24.2 Å². The summed E-state index contributed by atoms with van der Waals surface area (Å²) in [7, 11) is 0. The van der Waals surface area contributed by atoms with Crippen molar-refractivity contribution in [2.75, 3.05) is 5.32 Å². The molecule has 3 rings (SSSR count). The Labute approximate surface area is 140 Å². The molecule has 5 nitrogen and oxygen atoms in total. The van der Waals surface area contributed by atoms with Gasteiger partial charge in [0.25, 0.3) is 0 Å². The molecule has 1 aliphatic heterocycles. The molecular formula is C15H16F3N3O2S. The fourth-order valence-corrected chi connectivity index (χ4v) is 3.41. The van der Waals surface area contributed by atoms with Crippen LogP contribution in [0.3, 0.4) is 0 Å². The molecule has 2 aromatic heterocycles. The van der Waals surface area contributed by atoms with Crippen molar-refractivity contribution >= 4 is 23.1 Å². The number of nitrogens with zero attached hydrogens (tertiary/aromatic N) is 2. The summed E-state index contributed by atoms with van der Waals surface area (Å²) < 4.78 is 46.2. The minimum atomic E-state index is -4.46. The van der Waals surface area contributed by atoms with Crippen LogP contribution in [0.2, 0.25) is 0 Å². The second kappa shape index (κ2) is 6.12. The van der Waals surface area contributed by atoms with E-state index in [1.165, 1.54) is 17.4 Å². The monoisotopic (exact) mass is 359 g/mol. The van der Waals surface area contributed by atoms with Crippen LogP contribution in [0.4, 0.5) is 19.0 Å². The van der Waals surface area contributed by atoms with Crippen molar-refractivity contribution in [2.45, 2.75) is 44.6 Å². The second-order valence-corrected chi connectivity index (χ2v) is 6.80. The van der Waals surface area contributed by atoms with E-state index in [4.69, 9.17) is 4.74 Å². The average molecular weight is 359 g/mol. The van der Waals surface area contributed by atoms with Crippen molar-refractivity contribution in [1.29, 1.82) is 0 Å². The molecule has 2 atom stereocenters. The van der Waals surface area contributed by atoms with Gasteiger partial charge in [-0.15, -0.1) is 11.3 Å². The largest absolute Gasteiger partial charge is 0.458 e. The topological polar surface area (TPSA) is 56.2 Å². The number of alkyl halides is 3. The Morgan fingerprint density at radius 3 is 2.83 bits per heavy atom. The molecule has 0 aliphatic carbocycles. The van der Waals surface area contributed by atoms with Gasteiger partial charge in [0.1, 0.15) is 5.82 Å². The first-order valence-electron chi connectivity index (χ1n) is 7.43. The highest BCUT2D eigenvalue weighted by molar-refractivity contribution is 7.10. The lowest BCUT2D eigenvalue weighted by Gasteiger charge is -2.32. The van der Waals surface area contributed by atoms with E-state index in [1.54, 1.807) is 26.0 Å². The van der Waals surface area contributed by atoms with E-state index in [2.05, 4.69) is 10.4 Å². The smallest absolute Gasteiger partial charge is 0.410 e. The van der Waals surface area contributed by atoms with Gasteiger partial charge < -0.3 is 10.1 Å². The molecule has 1 aliphatic rings. The van der Waals surface area contributed by atoms with E-state index in [0.717, 1.165) is 9.56 Å². The molecule has 0 bridgehead atoms. The Hall–Kier alpha value is -2.03. The zero-order valence-corrected chi connectivity index (χ0v) is 13.8. The number of fused-ring (bicyclic) bond motifs is 1. The normalized spacial score (nSPS) is 20.6. The fraction of sp³-hybridized carbons (Fsp3) is 0.467. The van der Waals surface area contributed by atoms with Gasteiger partial charge in [0, 0.05) is 17.4 Å². The Morgan fingerprint density at radius 2 is 2.25 bits per heavy atom. The standard InChI is InChI=1S/C15H16F3N3O2S/c1-8(2)23-14(22)10-7-13-19-9(11-4-3-5-24-11)6-12(15(16,17)18)21(13)20-10/h3-5,7-9,12,19H,6H2,1-2H3/t9-,12-/m1/s1. The summed E-state index contributed by atoms with van der Waals surface area (Å²) in [4.78, 5) is 12.7. The van der Waals surface area contributed by atoms with Crippen molar-refractivity contribution in [3.63, 3.8) is 0 Å². The van der Waals surface area contributed by atoms with Gasteiger partial charge in [0.2, 0.25) is 0 Å². The Kier molecular flexibility index (Phi) is 4.29. The van der Waals surface area contributed by atoms with Crippen LogP contribution in [0.25, 0.3) is 0 Å². The van der Waals surface area contributed by atoms with Crippen LogP contribution in [0.5, 0.6) is 0 Å². The van der Waals surface area contributed by atoms with Crippen LogP contribution >= 0.6 is 11.3 Å². The lowest BCUT2D eigenvalue weighted by molar-refractivity contribution is -0.173. The summed E-state index contributed by atoms with van der Waals surface area (Å²) in [5, 5.41) is 8.68. The van der Waals surface area contributed by atoms with Gasteiger partial charge >= 0.3 is 12.1 Å². The summed E-state index contributed by atoms with van der Waals surface area (Å²) in [6.07, 6.45) is -5.02. The number of esters is 1. The van der Waals surface area contributed by atoms with Crippen molar-refractivity contribution in [1.82, 2.24) is 9.78 Å². The number of halogens is 3. The summed E-state index contributed by atoms with van der Waals surface area (Å²) in [6.45, 7) is 3.33. The number of hydrogen-bond acceptors (Lipinski definition) is 5. The number of carbonyl (C=O) groups excluding carboxylic acids is 1. The summed E-state index contributed by atoms with van der Waals surface area (Å²) in [6, 6.07) is 2.62. The second-order valence-electron chi connectivity index (χ2n) is 5.82. The number of carbonyl (C=O) groups is 1. The predicted molar refractivity (Wildman–Crippen MR) is 83.2 cm³/mol. The van der Waals surface area contributed by atoms with Crippen molar-refractivity contribution in [3.05, 3.63) is 34.2 Å². The summed E-state index contributed by atoms with van der Waals surface area (Å²) in [5.74, 6) is -0.569. The SMILES string of the molecule is CC(C)OC(=O)c1cc2n(n1)[C@@H](C(F)(F)F)C[C@H](c1cccs1)N2. The maximum absolute atomic E-state index is 13.5. The Balaban J connectivity index is 1.95. The fourth-order valence-electron chi connectivity index (χ4n) is 2.62. The highest BCUT2D eigenvalue weighted by Crippen LogP contribution is 2.44. The number of ether oxygens (including phenoxy) is 1. The first-order valence-corrected chi connectivity index (χ1v) is 8.31. The molecular weight excluding hydrogens is 343 g/mol. The van der Waals surface area contributed by atoms with Gasteiger partial charge in [-0.2, -0.15) is 18.3 Å².